The second-order valence-electron chi connectivity index (χ2n) is 1.97. The summed E-state index contributed by atoms with van der Waals surface area (Å²) in [6.07, 6.45) is 2.70. The van der Waals surface area contributed by atoms with E-state index >= 15 is 0 Å². The van der Waals surface area contributed by atoms with Crippen LogP contribution in [0.3, 0.4) is 0 Å². The van der Waals surface area contributed by atoms with Gasteiger partial charge < -0.3 is 4.57 Å². The van der Waals surface area contributed by atoms with Crippen LogP contribution in [0, 0.1) is 0 Å². The maximum absolute atomic E-state index is 10.3. The highest BCUT2D eigenvalue weighted by molar-refractivity contribution is 7.87. The lowest BCUT2D eigenvalue weighted by molar-refractivity contribution is 0.489. The van der Waals surface area contributed by atoms with Crippen LogP contribution < -0.4 is 4.72 Å². The van der Waals surface area contributed by atoms with Crippen molar-refractivity contribution in [3.63, 3.8) is 0 Å². The van der Waals surface area contributed by atoms with Crippen LogP contribution in [-0.2, 0) is 17.4 Å². The summed E-state index contributed by atoms with van der Waals surface area (Å²) in [6.45, 7) is 0. The molecule has 0 saturated heterocycles. The Kier molecular flexibility index (Phi) is 1.83. The lowest BCUT2D eigenvalue weighted by Gasteiger charge is -2.00. The molecule has 0 radical (unpaired) electrons. The molecule has 0 bridgehead atoms. The van der Waals surface area contributed by atoms with E-state index in [-0.39, 0.29) is 5.82 Å². The molecule has 0 atom stereocenters. The van der Waals surface area contributed by atoms with Gasteiger partial charge in [0.2, 0.25) is 0 Å². The molecule has 1 heterocycles. The van der Waals surface area contributed by atoms with Crippen molar-refractivity contribution >= 4 is 16.1 Å². The Morgan fingerprint density at radius 1 is 1.73 bits per heavy atom. The molecule has 0 saturated carbocycles. The van der Waals surface area contributed by atoms with Crippen LogP contribution in [-0.4, -0.2) is 22.5 Å². The van der Waals surface area contributed by atoms with Crippen LogP contribution in [0.5, 0.6) is 0 Å². The second kappa shape index (κ2) is 2.51. The number of aromatic nitrogens is 2. The van der Waals surface area contributed by atoms with Crippen molar-refractivity contribution in [2.24, 2.45) is 7.05 Å². The second-order valence-corrected chi connectivity index (χ2v) is 3.12. The summed E-state index contributed by atoms with van der Waals surface area (Å²) in [6, 6.07) is 0. The number of aryl methyl sites for hydroxylation is 1. The summed E-state index contributed by atoms with van der Waals surface area (Å²) < 4.78 is 32.1. The van der Waals surface area contributed by atoms with E-state index in [1.165, 1.54) is 17.1 Å². The van der Waals surface area contributed by atoms with Crippen LogP contribution in [0.4, 0.5) is 5.82 Å². The number of nitrogens with one attached hydrogen (secondary N) is 1. The van der Waals surface area contributed by atoms with Crippen LogP contribution in [0.15, 0.2) is 12.5 Å². The third-order valence-electron chi connectivity index (χ3n) is 1.05. The molecule has 0 fully saturated rings. The lowest BCUT2D eigenvalue weighted by Crippen LogP contribution is -2.12. The van der Waals surface area contributed by atoms with Gasteiger partial charge in [-0.3, -0.25) is 4.55 Å². The molecular weight excluding hydrogens is 170 g/mol. The van der Waals surface area contributed by atoms with Gasteiger partial charge in [-0.25, -0.2) is 9.71 Å². The first kappa shape index (κ1) is 8.02. The van der Waals surface area contributed by atoms with Crippen LogP contribution in [0.1, 0.15) is 0 Å². The molecule has 6 nitrogen and oxygen atoms in total. The Balaban J connectivity index is 2.89. The monoisotopic (exact) mass is 177 g/mol. The molecule has 0 amide bonds. The molecule has 0 aliphatic rings. The van der Waals surface area contributed by atoms with Gasteiger partial charge in [0.1, 0.15) is 5.82 Å². The quantitative estimate of drug-likeness (QED) is 0.604. The first-order valence-corrected chi connectivity index (χ1v) is 4.14. The average molecular weight is 177 g/mol. The topological polar surface area (TPSA) is 84.2 Å². The van der Waals surface area contributed by atoms with Crippen molar-refractivity contribution in [3.05, 3.63) is 12.5 Å². The lowest BCUT2D eigenvalue weighted by atomic mass is 10.8. The predicted octanol–water partition coefficient (Wildman–Crippen LogP) is -0.365. The first-order chi connectivity index (χ1) is 4.99. The number of anilines is 1. The Hall–Kier alpha value is -1.08. The summed E-state index contributed by atoms with van der Waals surface area (Å²) >= 11 is 0. The highest BCUT2D eigenvalue weighted by Crippen LogP contribution is 2.04. The molecule has 1 aromatic rings. The molecule has 0 aliphatic heterocycles. The normalized spacial score (nSPS) is 11.5. The molecular formula is C4H7N3O3S. The molecule has 7 heteroatoms. The fraction of sp³-hybridized carbons (Fsp3) is 0.250. The van der Waals surface area contributed by atoms with Gasteiger partial charge in [-0.05, 0) is 0 Å². The molecule has 0 spiro atoms. The zero-order valence-corrected chi connectivity index (χ0v) is 6.54. The maximum Gasteiger partial charge on any atom is 0.358 e. The summed E-state index contributed by atoms with van der Waals surface area (Å²) in [5.41, 5.74) is 0. The molecule has 11 heavy (non-hydrogen) atoms. The third-order valence-corrected chi connectivity index (χ3v) is 1.52. The van der Waals surface area contributed by atoms with E-state index in [4.69, 9.17) is 4.55 Å². The number of hydrogen-bond donors (Lipinski definition) is 2. The van der Waals surface area contributed by atoms with Crippen LogP contribution in [0.25, 0.3) is 0 Å². The van der Waals surface area contributed by atoms with Gasteiger partial charge in [0, 0.05) is 7.05 Å². The number of nitrogens with zero attached hydrogens (tertiary/aromatic N) is 2. The van der Waals surface area contributed by atoms with E-state index in [1.54, 1.807) is 7.05 Å². The molecule has 1 rings (SSSR count). The van der Waals surface area contributed by atoms with Gasteiger partial charge in [0.15, 0.2) is 0 Å². The van der Waals surface area contributed by atoms with Crippen LogP contribution in [0.2, 0.25) is 0 Å². The molecule has 2 N–H and O–H groups in total. The van der Waals surface area contributed by atoms with E-state index in [9.17, 15) is 8.42 Å². The van der Waals surface area contributed by atoms with Gasteiger partial charge in [-0.2, -0.15) is 8.42 Å². The van der Waals surface area contributed by atoms with E-state index in [2.05, 4.69) is 4.98 Å². The van der Waals surface area contributed by atoms with E-state index in [1.807, 2.05) is 4.72 Å². The van der Waals surface area contributed by atoms with Gasteiger partial charge >= 0.3 is 10.3 Å². The predicted molar refractivity (Wildman–Crippen MR) is 38.4 cm³/mol. The van der Waals surface area contributed by atoms with Gasteiger partial charge in [0.05, 0.1) is 12.5 Å². The van der Waals surface area contributed by atoms with Crippen molar-refractivity contribution in [1.29, 1.82) is 0 Å². The van der Waals surface area contributed by atoms with E-state index in [0.29, 0.717) is 0 Å². The fourth-order valence-corrected chi connectivity index (χ4v) is 1.05. The SMILES string of the molecule is Cn1cncc1NS(=O)(=O)O. The summed E-state index contributed by atoms with van der Waals surface area (Å²) in [4.78, 5) is 3.63. The zero-order chi connectivity index (χ0) is 8.48. The minimum atomic E-state index is -4.18. The van der Waals surface area contributed by atoms with Gasteiger partial charge in [-0.15, -0.1) is 0 Å². The molecule has 0 aromatic carbocycles. The van der Waals surface area contributed by atoms with E-state index in [0.717, 1.165) is 0 Å². The van der Waals surface area contributed by atoms with Crippen molar-refractivity contribution in [2.75, 3.05) is 4.72 Å². The largest absolute Gasteiger partial charge is 0.358 e. The van der Waals surface area contributed by atoms with Gasteiger partial charge in [0.25, 0.3) is 0 Å². The van der Waals surface area contributed by atoms with Crippen molar-refractivity contribution in [1.82, 2.24) is 9.55 Å². The number of rotatable bonds is 2. The highest BCUT2D eigenvalue weighted by atomic mass is 32.2. The summed E-state index contributed by atoms with van der Waals surface area (Å²) in [7, 11) is -2.58. The Bertz CT molecular complexity index is 341. The fourth-order valence-electron chi connectivity index (χ4n) is 0.588. The Morgan fingerprint density at radius 3 is 2.73 bits per heavy atom. The minimum absolute atomic E-state index is 0.215. The highest BCUT2D eigenvalue weighted by Gasteiger charge is 2.05. The maximum atomic E-state index is 10.3. The van der Waals surface area contributed by atoms with Crippen LogP contribution >= 0.6 is 0 Å². The molecule has 0 unspecified atom stereocenters. The summed E-state index contributed by atoms with van der Waals surface area (Å²) in [5.74, 6) is 0.215. The Morgan fingerprint density at radius 2 is 2.36 bits per heavy atom. The van der Waals surface area contributed by atoms with Crippen molar-refractivity contribution in [3.8, 4) is 0 Å². The molecule has 1 aromatic heterocycles. The Labute approximate surface area is 63.7 Å². The third kappa shape index (κ3) is 2.20. The summed E-state index contributed by atoms with van der Waals surface area (Å²) in [5, 5.41) is 0. The standard InChI is InChI=1S/C4H7N3O3S/c1-7-3-5-2-4(7)6-11(8,9)10/h2-3,6H,1H3,(H,8,9,10). The zero-order valence-electron chi connectivity index (χ0n) is 5.72. The van der Waals surface area contributed by atoms with Crippen molar-refractivity contribution in [2.45, 2.75) is 0 Å². The first-order valence-electron chi connectivity index (χ1n) is 2.70. The number of hydrogen-bond acceptors (Lipinski definition) is 3. The average Bonchev–Trinajstić information content (AvgIpc) is 2.12. The molecule has 0 aliphatic carbocycles. The minimum Gasteiger partial charge on any atom is -0.320 e. The van der Waals surface area contributed by atoms with Gasteiger partial charge in [-0.1, -0.05) is 0 Å². The number of imidazole rings is 1. The smallest absolute Gasteiger partial charge is 0.320 e. The molecule has 62 valence electrons. The van der Waals surface area contributed by atoms with Crippen molar-refractivity contribution < 1.29 is 13.0 Å². The van der Waals surface area contributed by atoms with E-state index < -0.39 is 10.3 Å².